The lowest BCUT2D eigenvalue weighted by atomic mass is 10.1. The van der Waals surface area contributed by atoms with E-state index < -0.39 is 5.97 Å². The number of hydrogen-bond donors (Lipinski definition) is 1. The summed E-state index contributed by atoms with van der Waals surface area (Å²) in [7, 11) is 4.39. The Labute approximate surface area is 149 Å². The molecule has 0 aliphatic heterocycles. The van der Waals surface area contributed by atoms with Crippen molar-refractivity contribution in [3.05, 3.63) is 40.3 Å². The summed E-state index contributed by atoms with van der Waals surface area (Å²) >= 11 is 1.34. The maximum atomic E-state index is 12.6. The van der Waals surface area contributed by atoms with E-state index in [9.17, 15) is 9.59 Å². The Hall–Kier alpha value is -2.54. The van der Waals surface area contributed by atoms with Crippen molar-refractivity contribution in [2.45, 2.75) is 18.8 Å². The van der Waals surface area contributed by atoms with Gasteiger partial charge in [0.2, 0.25) is 0 Å². The van der Waals surface area contributed by atoms with Crippen molar-refractivity contribution < 1.29 is 23.8 Å². The van der Waals surface area contributed by atoms with Gasteiger partial charge in [0.05, 0.1) is 26.9 Å². The number of benzene rings is 1. The summed E-state index contributed by atoms with van der Waals surface area (Å²) in [6.45, 7) is 0. The number of nitrogens with one attached hydrogen (secondary N) is 1. The quantitative estimate of drug-likeness (QED) is 0.795. The van der Waals surface area contributed by atoms with Gasteiger partial charge in [0.1, 0.15) is 5.00 Å². The molecule has 1 aliphatic rings. The summed E-state index contributed by atoms with van der Waals surface area (Å²) in [6, 6.07) is 4.91. The zero-order valence-electron chi connectivity index (χ0n) is 14.3. The molecule has 0 saturated heterocycles. The van der Waals surface area contributed by atoms with Gasteiger partial charge in [-0.05, 0) is 47.9 Å². The molecule has 1 aliphatic carbocycles. The third-order valence-electron chi connectivity index (χ3n) is 4.10. The van der Waals surface area contributed by atoms with E-state index in [0.29, 0.717) is 33.5 Å². The van der Waals surface area contributed by atoms with Gasteiger partial charge in [-0.25, -0.2) is 4.79 Å². The Balaban J connectivity index is 1.87. The van der Waals surface area contributed by atoms with E-state index in [4.69, 9.17) is 14.2 Å². The Morgan fingerprint density at radius 3 is 2.44 bits per heavy atom. The highest BCUT2D eigenvalue weighted by atomic mass is 32.1. The summed E-state index contributed by atoms with van der Waals surface area (Å²) in [6.07, 6.45) is 2.12. The topological polar surface area (TPSA) is 73.9 Å². The first-order valence-electron chi connectivity index (χ1n) is 7.82. The summed E-state index contributed by atoms with van der Waals surface area (Å²) in [5, 5.41) is 5.25. The van der Waals surface area contributed by atoms with Crippen molar-refractivity contribution >= 4 is 28.2 Å². The first-order chi connectivity index (χ1) is 12.1. The molecule has 0 radical (unpaired) electrons. The molecule has 2 aromatic rings. The van der Waals surface area contributed by atoms with Crippen LogP contribution in [0.1, 0.15) is 45.0 Å². The van der Waals surface area contributed by atoms with E-state index in [1.165, 1.54) is 32.7 Å². The predicted molar refractivity (Wildman–Crippen MR) is 95.1 cm³/mol. The minimum Gasteiger partial charge on any atom is -0.493 e. The molecule has 7 heteroatoms. The number of rotatable bonds is 6. The fourth-order valence-electron chi connectivity index (χ4n) is 2.62. The monoisotopic (exact) mass is 361 g/mol. The molecule has 1 aromatic carbocycles. The number of thiophene rings is 1. The van der Waals surface area contributed by atoms with Gasteiger partial charge < -0.3 is 19.5 Å². The van der Waals surface area contributed by atoms with E-state index in [1.54, 1.807) is 18.2 Å². The van der Waals surface area contributed by atoms with E-state index in [-0.39, 0.29) is 5.91 Å². The molecule has 0 spiro atoms. The average Bonchev–Trinajstić information content (AvgIpc) is 3.41. The summed E-state index contributed by atoms with van der Waals surface area (Å²) in [5.74, 6) is 0.646. The number of carbonyl (C=O) groups is 2. The van der Waals surface area contributed by atoms with E-state index in [1.807, 2.05) is 5.38 Å². The largest absolute Gasteiger partial charge is 0.493 e. The van der Waals surface area contributed by atoms with Crippen molar-refractivity contribution in [2.75, 3.05) is 26.6 Å². The Kier molecular flexibility index (Phi) is 4.94. The highest BCUT2D eigenvalue weighted by Gasteiger charge is 2.32. The van der Waals surface area contributed by atoms with Crippen molar-refractivity contribution in [1.29, 1.82) is 0 Å². The van der Waals surface area contributed by atoms with Crippen molar-refractivity contribution in [3.8, 4) is 11.5 Å². The van der Waals surface area contributed by atoms with Gasteiger partial charge in [0, 0.05) is 5.56 Å². The maximum absolute atomic E-state index is 12.6. The molecule has 6 nitrogen and oxygen atoms in total. The Bertz CT molecular complexity index is 810. The molecule has 0 bridgehead atoms. The second-order valence-corrected chi connectivity index (χ2v) is 6.56. The number of hydrogen-bond acceptors (Lipinski definition) is 6. The second-order valence-electron chi connectivity index (χ2n) is 5.68. The van der Waals surface area contributed by atoms with Crippen LogP contribution in [0.4, 0.5) is 5.00 Å². The maximum Gasteiger partial charge on any atom is 0.341 e. The van der Waals surface area contributed by atoms with Gasteiger partial charge in [-0.1, -0.05) is 0 Å². The molecule has 3 rings (SSSR count). The lowest BCUT2D eigenvalue weighted by molar-refractivity contribution is 0.0601. The van der Waals surface area contributed by atoms with Gasteiger partial charge >= 0.3 is 5.97 Å². The minimum atomic E-state index is -0.425. The van der Waals surface area contributed by atoms with Gasteiger partial charge in [-0.3, -0.25) is 4.79 Å². The molecular formula is C18H19NO5S. The number of amides is 1. The van der Waals surface area contributed by atoms with Crippen molar-refractivity contribution in [3.63, 3.8) is 0 Å². The molecule has 1 aromatic heterocycles. The van der Waals surface area contributed by atoms with Crippen LogP contribution in [-0.2, 0) is 4.74 Å². The standard InChI is InChI=1S/C18H19NO5S/c1-22-13-7-6-11(8-14(13)23-2)16(20)19-17-15(18(21)24-3)12(9-25-17)10-4-5-10/h6-10H,4-5H2,1-3H3,(H,19,20). The molecule has 25 heavy (non-hydrogen) atoms. The molecule has 1 heterocycles. The molecule has 1 N–H and O–H groups in total. The fraction of sp³-hybridized carbons (Fsp3) is 0.333. The highest BCUT2D eigenvalue weighted by molar-refractivity contribution is 7.15. The van der Waals surface area contributed by atoms with Crippen LogP contribution in [0.15, 0.2) is 23.6 Å². The lowest BCUT2D eigenvalue weighted by Crippen LogP contribution is -2.14. The van der Waals surface area contributed by atoms with Gasteiger partial charge in [0.15, 0.2) is 11.5 Å². The SMILES string of the molecule is COC(=O)c1c(C2CC2)csc1NC(=O)c1ccc(OC)c(OC)c1. The Morgan fingerprint density at radius 1 is 1.12 bits per heavy atom. The third kappa shape index (κ3) is 3.46. The molecule has 0 unspecified atom stereocenters. The number of esters is 1. The van der Waals surface area contributed by atoms with Crippen LogP contribution >= 0.6 is 11.3 Å². The molecular weight excluding hydrogens is 342 g/mol. The predicted octanol–water partition coefficient (Wildman–Crippen LogP) is 3.68. The summed E-state index contributed by atoms with van der Waals surface area (Å²) in [4.78, 5) is 24.7. The Morgan fingerprint density at radius 2 is 1.84 bits per heavy atom. The van der Waals surface area contributed by atoms with Crippen LogP contribution in [-0.4, -0.2) is 33.2 Å². The fourth-order valence-corrected chi connectivity index (χ4v) is 3.65. The van der Waals surface area contributed by atoms with Crippen molar-refractivity contribution in [2.24, 2.45) is 0 Å². The average molecular weight is 361 g/mol. The number of anilines is 1. The smallest absolute Gasteiger partial charge is 0.341 e. The van der Waals surface area contributed by atoms with Crippen LogP contribution in [0, 0.1) is 0 Å². The minimum absolute atomic E-state index is 0.324. The van der Waals surface area contributed by atoms with Crippen LogP contribution in [0.2, 0.25) is 0 Å². The van der Waals surface area contributed by atoms with Gasteiger partial charge in [-0.15, -0.1) is 11.3 Å². The molecule has 1 saturated carbocycles. The highest BCUT2D eigenvalue weighted by Crippen LogP contribution is 2.46. The van der Waals surface area contributed by atoms with Gasteiger partial charge in [0.25, 0.3) is 5.91 Å². The number of methoxy groups -OCH3 is 3. The van der Waals surface area contributed by atoms with E-state index in [0.717, 1.165) is 18.4 Å². The number of carbonyl (C=O) groups excluding carboxylic acids is 2. The van der Waals surface area contributed by atoms with Crippen LogP contribution < -0.4 is 14.8 Å². The van der Waals surface area contributed by atoms with E-state index >= 15 is 0 Å². The van der Waals surface area contributed by atoms with Crippen molar-refractivity contribution in [1.82, 2.24) is 0 Å². The molecule has 1 amide bonds. The summed E-state index contributed by atoms with van der Waals surface area (Å²) < 4.78 is 15.3. The zero-order chi connectivity index (χ0) is 18.0. The lowest BCUT2D eigenvalue weighted by Gasteiger charge is -2.10. The van der Waals surface area contributed by atoms with Gasteiger partial charge in [-0.2, -0.15) is 0 Å². The molecule has 132 valence electrons. The van der Waals surface area contributed by atoms with E-state index in [2.05, 4.69) is 5.32 Å². The third-order valence-corrected chi connectivity index (χ3v) is 5.01. The normalized spacial score (nSPS) is 13.2. The summed E-state index contributed by atoms with van der Waals surface area (Å²) in [5.41, 5.74) is 1.83. The molecule has 0 atom stereocenters. The van der Waals surface area contributed by atoms with Crippen LogP contribution in [0.5, 0.6) is 11.5 Å². The number of ether oxygens (including phenoxy) is 3. The van der Waals surface area contributed by atoms with Crippen LogP contribution in [0.3, 0.4) is 0 Å². The van der Waals surface area contributed by atoms with Crippen LogP contribution in [0.25, 0.3) is 0 Å². The first-order valence-corrected chi connectivity index (χ1v) is 8.70. The molecule has 1 fully saturated rings. The zero-order valence-corrected chi connectivity index (χ0v) is 15.1. The first kappa shape index (κ1) is 17.3. The second kappa shape index (κ2) is 7.14.